The van der Waals surface area contributed by atoms with Gasteiger partial charge in [0.15, 0.2) is 6.10 Å². The molecular weight excluding hydrogens is 480 g/mol. The van der Waals surface area contributed by atoms with E-state index in [-0.39, 0.29) is 22.9 Å². The molecule has 34 heavy (non-hydrogen) atoms. The number of amides is 1. The lowest BCUT2D eigenvalue weighted by Gasteiger charge is -2.35. The zero-order valence-corrected chi connectivity index (χ0v) is 20.1. The quantitative estimate of drug-likeness (QED) is 0.523. The molecule has 3 aromatic rings. The zero-order valence-electron chi connectivity index (χ0n) is 18.5. The highest BCUT2D eigenvalue weighted by Crippen LogP contribution is 2.39. The van der Waals surface area contributed by atoms with Crippen molar-refractivity contribution in [2.24, 2.45) is 0 Å². The van der Waals surface area contributed by atoms with Gasteiger partial charge in [0.25, 0.3) is 15.9 Å². The summed E-state index contributed by atoms with van der Waals surface area (Å²) in [7, 11) is -0.944. The highest BCUT2D eigenvalue weighted by molar-refractivity contribution is 7.92. The molecule has 3 aromatic carbocycles. The number of nitrogens with zero attached hydrogens (tertiary/aromatic N) is 1. The predicted octanol–water partition coefficient (Wildman–Crippen LogP) is 4.09. The zero-order chi connectivity index (χ0) is 24.3. The van der Waals surface area contributed by atoms with Crippen LogP contribution in [-0.2, 0) is 26.2 Å². The number of ether oxygens (including phenoxy) is 3. The van der Waals surface area contributed by atoms with Crippen LogP contribution in [0.15, 0.2) is 71.6 Å². The molecule has 1 amide bonds. The Morgan fingerprint density at radius 3 is 2.59 bits per heavy atom. The third-order valence-electron chi connectivity index (χ3n) is 5.24. The highest BCUT2D eigenvalue weighted by atomic mass is 35.5. The minimum Gasteiger partial charge on any atom is -0.497 e. The minimum atomic E-state index is -4.03. The van der Waals surface area contributed by atoms with Crippen LogP contribution in [0, 0.1) is 0 Å². The maximum Gasteiger partial charge on any atom is 0.267 e. The van der Waals surface area contributed by atoms with Crippen molar-refractivity contribution in [1.82, 2.24) is 0 Å². The topological polar surface area (TPSA) is 94.2 Å². The van der Waals surface area contributed by atoms with E-state index in [1.54, 1.807) is 49.6 Å². The molecule has 1 aliphatic rings. The molecule has 8 nitrogen and oxygen atoms in total. The van der Waals surface area contributed by atoms with Gasteiger partial charge in [0, 0.05) is 17.8 Å². The van der Waals surface area contributed by atoms with Gasteiger partial charge in [-0.05, 0) is 60.2 Å². The Morgan fingerprint density at radius 2 is 1.88 bits per heavy atom. The van der Waals surface area contributed by atoms with Gasteiger partial charge in [-0.3, -0.25) is 9.10 Å². The molecule has 10 heteroatoms. The Balaban J connectivity index is 1.65. The Bertz CT molecular complexity index is 1300. The van der Waals surface area contributed by atoms with Crippen molar-refractivity contribution < 1.29 is 27.4 Å². The van der Waals surface area contributed by atoms with Crippen molar-refractivity contribution in [3.8, 4) is 11.5 Å². The second kappa shape index (κ2) is 9.92. The van der Waals surface area contributed by atoms with Crippen LogP contribution in [0.5, 0.6) is 11.5 Å². The average Bonchev–Trinajstić information content (AvgIpc) is 2.83. The molecule has 0 bridgehead atoms. The summed E-state index contributed by atoms with van der Waals surface area (Å²) in [6.07, 6.45) is -1.09. The van der Waals surface area contributed by atoms with Crippen LogP contribution in [0.1, 0.15) is 5.56 Å². The van der Waals surface area contributed by atoms with Crippen molar-refractivity contribution in [3.63, 3.8) is 0 Å². The van der Waals surface area contributed by atoms with Crippen LogP contribution < -0.4 is 19.1 Å². The first kappa shape index (κ1) is 23.9. The van der Waals surface area contributed by atoms with Crippen molar-refractivity contribution >= 4 is 38.9 Å². The summed E-state index contributed by atoms with van der Waals surface area (Å²) < 4.78 is 44.4. The van der Waals surface area contributed by atoms with E-state index in [0.29, 0.717) is 23.1 Å². The molecule has 0 fully saturated rings. The lowest BCUT2D eigenvalue weighted by molar-refractivity contribution is -0.122. The molecule has 0 spiro atoms. The number of hydrogen-bond donors (Lipinski definition) is 1. The fourth-order valence-electron chi connectivity index (χ4n) is 3.59. The molecule has 0 saturated heterocycles. The molecule has 1 N–H and O–H groups in total. The number of carbonyl (C=O) groups is 1. The normalized spacial score (nSPS) is 15.3. The maximum absolute atomic E-state index is 13.5. The van der Waals surface area contributed by atoms with Gasteiger partial charge < -0.3 is 19.5 Å². The van der Waals surface area contributed by atoms with Crippen molar-refractivity contribution in [3.05, 3.63) is 77.3 Å². The number of sulfonamides is 1. The number of rotatable bonds is 7. The average molecular weight is 503 g/mol. The largest absolute Gasteiger partial charge is 0.497 e. The number of anilines is 2. The summed E-state index contributed by atoms with van der Waals surface area (Å²) >= 11 is 6.14. The van der Waals surface area contributed by atoms with Gasteiger partial charge in [0.05, 0.1) is 30.8 Å². The Morgan fingerprint density at radius 1 is 1.12 bits per heavy atom. The molecular formula is C24H23ClN2O6S. The first-order chi connectivity index (χ1) is 16.3. The fraction of sp³-hybridized carbons (Fsp3) is 0.208. The van der Waals surface area contributed by atoms with Gasteiger partial charge in [-0.2, -0.15) is 0 Å². The van der Waals surface area contributed by atoms with Gasteiger partial charge in [-0.15, -0.1) is 0 Å². The number of hydrogen-bond acceptors (Lipinski definition) is 6. The van der Waals surface area contributed by atoms with Gasteiger partial charge in [-0.1, -0.05) is 23.7 Å². The minimum absolute atomic E-state index is 0.0487. The molecule has 0 aromatic heterocycles. The van der Waals surface area contributed by atoms with E-state index < -0.39 is 22.0 Å². The molecule has 0 aliphatic carbocycles. The lowest BCUT2D eigenvalue weighted by Crippen LogP contribution is -2.48. The molecule has 178 valence electrons. The molecule has 0 radical (unpaired) electrons. The van der Waals surface area contributed by atoms with Crippen LogP contribution in [0.4, 0.5) is 11.4 Å². The SMILES string of the molecule is COCc1cccc(NC(=O)C2CN(S(=O)(=O)c3ccc(OC)cc3)c3cc(Cl)ccc3O2)c1. The summed E-state index contributed by atoms with van der Waals surface area (Å²) in [5.41, 5.74) is 1.69. The Kier molecular flexibility index (Phi) is 6.97. The van der Waals surface area contributed by atoms with Crippen molar-refractivity contribution in [1.29, 1.82) is 0 Å². The summed E-state index contributed by atoms with van der Waals surface area (Å²) in [5.74, 6) is 0.281. The van der Waals surface area contributed by atoms with Gasteiger partial charge in [0.2, 0.25) is 0 Å². The van der Waals surface area contributed by atoms with Crippen LogP contribution in [0.2, 0.25) is 5.02 Å². The number of methoxy groups -OCH3 is 2. The third-order valence-corrected chi connectivity index (χ3v) is 7.26. The van der Waals surface area contributed by atoms with Crippen LogP contribution in [0.3, 0.4) is 0 Å². The molecule has 1 aliphatic heterocycles. The van der Waals surface area contributed by atoms with E-state index in [1.165, 1.54) is 25.3 Å². The predicted molar refractivity (Wildman–Crippen MR) is 129 cm³/mol. The van der Waals surface area contributed by atoms with Gasteiger partial charge in [0.1, 0.15) is 11.5 Å². The second-order valence-corrected chi connectivity index (χ2v) is 9.85. The Labute approximate surface area is 203 Å². The van der Waals surface area contributed by atoms with Crippen LogP contribution >= 0.6 is 11.6 Å². The molecule has 1 unspecified atom stereocenters. The standard InChI is InChI=1S/C24H23ClN2O6S/c1-31-15-16-4-3-5-18(12-16)26-24(28)23-14-27(21-13-17(25)6-11-22(21)33-23)34(29,30)20-9-7-19(32-2)8-10-20/h3-13,23H,14-15H2,1-2H3,(H,26,28). The molecule has 1 atom stereocenters. The third kappa shape index (κ3) is 4.96. The Hall–Kier alpha value is -3.27. The number of benzene rings is 3. The van der Waals surface area contributed by atoms with E-state index in [4.69, 9.17) is 25.8 Å². The van der Waals surface area contributed by atoms with Crippen LogP contribution in [0.25, 0.3) is 0 Å². The number of fused-ring (bicyclic) bond motifs is 1. The lowest BCUT2D eigenvalue weighted by atomic mass is 10.2. The van der Waals surface area contributed by atoms with E-state index in [2.05, 4.69) is 5.32 Å². The van der Waals surface area contributed by atoms with E-state index in [9.17, 15) is 13.2 Å². The summed E-state index contributed by atoms with van der Waals surface area (Å²) in [4.78, 5) is 13.1. The summed E-state index contributed by atoms with van der Waals surface area (Å²) in [6.45, 7) is 0.164. The maximum atomic E-state index is 13.5. The monoisotopic (exact) mass is 502 g/mol. The van der Waals surface area contributed by atoms with Gasteiger partial charge in [-0.25, -0.2) is 8.42 Å². The van der Waals surface area contributed by atoms with Gasteiger partial charge >= 0.3 is 0 Å². The first-order valence-corrected chi connectivity index (χ1v) is 12.2. The van der Waals surface area contributed by atoms with E-state index in [1.807, 2.05) is 6.07 Å². The van der Waals surface area contributed by atoms with Crippen LogP contribution in [-0.4, -0.2) is 41.2 Å². The first-order valence-electron chi connectivity index (χ1n) is 10.3. The summed E-state index contributed by atoms with van der Waals surface area (Å²) in [6, 6.07) is 17.8. The number of nitrogens with one attached hydrogen (secondary N) is 1. The fourth-order valence-corrected chi connectivity index (χ4v) is 5.23. The molecule has 4 rings (SSSR count). The molecule has 1 heterocycles. The smallest absolute Gasteiger partial charge is 0.267 e. The van der Waals surface area contributed by atoms with Crippen molar-refractivity contribution in [2.45, 2.75) is 17.6 Å². The van der Waals surface area contributed by atoms with Crippen molar-refractivity contribution in [2.75, 3.05) is 30.4 Å². The molecule has 0 saturated carbocycles. The number of carbonyl (C=O) groups excluding carboxylic acids is 1. The number of halogens is 1. The summed E-state index contributed by atoms with van der Waals surface area (Å²) in [5, 5.41) is 3.14. The van der Waals surface area contributed by atoms with E-state index in [0.717, 1.165) is 9.87 Å². The van der Waals surface area contributed by atoms with E-state index >= 15 is 0 Å². The highest BCUT2D eigenvalue weighted by Gasteiger charge is 2.38. The second-order valence-electron chi connectivity index (χ2n) is 7.55.